The van der Waals surface area contributed by atoms with Crippen LogP contribution in [0.1, 0.15) is 24.4 Å². The average molecular weight is 307 g/mol. The Morgan fingerprint density at radius 3 is 2.57 bits per heavy atom. The van der Waals surface area contributed by atoms with Crippen LogP contribution in [0.4, 0.5) is 0 Å². The molecule has 0 bridgehead atoms. The van der Waals surface area contributed by atoms with E-state index >= 15 is 0 Å². The first-order chi connectivity index (χ1) is 10.2. The van der Waals surface area contributed by atoms with E-state index in [0.29, 0.717) is 0 Å². The van der Waals surface area contributed by atoms with Crippen molar-refractivity contribution in [2.24, 2.45) is 0 Å². The smallest absolute Gasteiger partial charge is 0.161 e. The lowest BCUT2D eigenvalue weighted by molar-refractivity contribution is 0.353. The van der Waals surface area contributed by atoms with Crippen molar-refractivity contribution in [1.82, 2.24) is 15.3 Å². The SMILES string of the molecule is COc1cc(CNC(C)c2ncc[nH]2)c(SC)cc1OC. The molecule has 6 heteroatoms. The summed E-state index contributed by atoms with van der Waals surface area (Å²) in [6.07, 6.45) is 5.65. The van der Waals surface area contributed by atoms with Crippen LogP contribution in [0.25, 0.3) is 0 Å². The van der Waals surface area contributed by atoms with E-state index in [1.54, 1.807) is 32.2 Å². The molecular formula is C15H21N3O2S. The first kappa shape index (κ1) is 15.7. The molecule has 2 N–H and O–H groups in total. The number of methoxy groups -OCH3 is 2. The van der Waals surface area contributed by atoms with E-state index in [0.717, 1.165) is 23.9 Å². The molecule has 0 aliphatic heterocycles. The van der Waals surface area contributed by atoms with Crippen LogP contribution in [0.3, 0.4) is 0 Å². The number of nitrogens with one attached hydrogen (secondary N) is 2. The Kier molecular flexibility index (Phi) is 5.52. The summed E-state index contributed by atoms with van der Waals surface area (Å²) < 4.78 is 10.7. The van der Waals surface area contributed by atoms with Crippen LogP contribution < -0.4 is 14.8 Å². The minimum absolute atomic E-state index is 0.155. The molecule has 1 aromatic carbocycles. The fourth-order valence-corrected chi connectivity index (χ4v) is 2.72. The highest BCUT2D eigenvalue weighted by molar-refractivity contribution is 7.98. The maximum absolute atomic E-state index is 5.37. The minimum atomic E-state index is 0.155. The number of rotatable bonds is 7. The van der Waals surface area contributed by atoms with Gasteiger partial charge in [-0.15, -0.1) is 11.8 Å². The predicted octanol–water partition coefficient (Wildman–Crippen LogP) is 3.00. The molecule has 1 heterocycles. The zero-order chi connectivity index (χ0) is 15.2. The maximum atomic E-state index is 5.37. The van der Waals surface area contributed by atoms with E-state index < -0.39 is 0 Å². The fourth-order valence-electron chi connectivity index (χ4n) is 2.10. The zero-order valence-corrected chi connectivity index (χ0v) is 13.6. The summed E-state index contributed by atoms with van der Waals surface area (Å²) in [5, 5.41) is 3.46. The second kappa shape index (κ2) is 7.38. The van der Waals surface area contributed by atoms with Gasteiger partial charge in [0.1, 0.15) is 5.82 Å². The minimum Gasteiger partial charge on any atom is -0.493 e. The third-order valence-electron chi connectivity index (χ3n) is 3.31. The Hall–Kier alpha value is -1.66. The summed E-state index contributed by atoms with van der Waals surface area (Å²) in [5.41, 5.74) is 1.18. The number of ether oxygens (including phenoxy) is 2. The standard InChI is InChI=1S/C15H21N3O2S/c1-10(15-16-5-6-17-15)18-9-11-7-12(19-2)13(20-3)8-14(11)21-4/h5-8,10,18H,9H2,1-4H3,(H,16,17). The van der Waals surface area contributed by atoms with Gasteiger partial charge in [-0.1, -0.05) is 0 Å². The monoisotopic (exact) mass is 307 g/mol. The van der Waals surface area contributed by atoms with Gasteiger partial charge >= 0.3 is 0 Å². The summed E-state index contributed by atoms with van der Waals surface area (Å²) in [4.78, 5) is 8.56. The van der Waals surface area contributed by atoms with Gasteiger partial charge in [0.2, 0.25) is 0 Å². The van der Waals surface area contributed by atoms with Crippen molar-refractivity contribution >= 4 is 11.8 Å². The highest BCUT2D eigenvalue weighted by atomic mass is 32.2. The van der Waals surface area contributed by atoms with Crippen LogP contribution >= 0.6 is 11.8 Å². The van der Waals surface area contributed by atoms with Crippen LogP contribution in [0, 0.1) is 0 Å². The van der Waals surface area contributed by atoms with Crippen LogP contribution in [-0.2, 0) is 6.54 Å². The quantitative estimate of drug-likeness (QED) is 0.770. The summed E-state index contributed by atoms with van der Waals surface area (Å²) >= 11 is 1.69. The average Bonchev–Trinajstić information content (AvgIpc) is 3.06. The summed E-state index contributed by atoms with van der Waals surface area (Å²) in [7, 11) is 3.30. The van der Waals surface area contributed by atoms with Crippen molar-refractivity contribution in [3.63, 3.8) is 0 Å². The van der Waals surface area contributed by atoms with Crippen molar-refractivity contribution in [2.75, 3.05) is 20.5 Å². The van der Waals surface area contributed by atoms with Crippen molar-refractivity contribution in [1.29, 1.82) is 0 Å². The molecular weight excluding hydrogens is 286 g/mol. The van der Waals surface area contributed by atoms with E-state index in [1.807, 2.05) is 18.3 Å². The van der Waals surface area contributed by atoms with Gasteiger partial charge in [0, 0.05) is 23.8 Å². The fraction of sp³-hybridized carbons (Fsp3) is 0.400. The normalized spacial score (nSPS) is 12.2. The molecule has 0 fully saturated rings. The molecule has 0 spiro atoms. The Bertz CT molecular complexity index is 573. The lowest BCUT2D eigenvalue weighted by Crippen LogP contribution is -2.19. The van der Waals surface area contributed by atoms with Gasteiger partial charge in [-0.25, -0.2) is 4.98 Å². The third-order valence-corrected chi connectivity index (χ3v) is 4.13. The lowest BCUT2D eigenvalue weighted by atomic mass is 10.2. The highest BCUT2D eigenvalue weighted by Crippen LogP contribution is 2.34. The number of H-pyrrole nitrogens is 1. The second-order valence-electron chi connectivity index (χ2n) is 4.60. The van der Waals surface area contributed by atoms with E-state index in [4.69, 9.17) is 9.47 Å². The molecule has 1 unspecified atom stereocenters. The second-order valence-corrected chi connectivity index (χ2v) is 5.44. The predicted molar refractivity (Wildman–Crippen MR) is 85.2 cm³/mol. The van der Waals surface area contributed by atoms with Crippen LogP contribution in [0.2, 0.25) is 0 Å². The number of thioether (sulfide) groups is 1. The molecule has 21 heavy (non-hydrogen) atoms. The van der Waals surface area contributed by atoms with E-state index in [2.05, 4.69) is 28.5 Å². The molecule has 0 aliphatic rings. The summed E-state index contributed by atoms with van der Waals surface area (Å²) in [5.74, 6) is 2.43. The van der Waals surface area contributed by atoms with Crippen molar-refractivity contribution < 1.29 is 9.47 Å². The highest BCUT2D eigenvalue weighted by Gasteiger charge is 2.12. The Morgan fingerprint density at radius 1 is 1.29 bits per heavy atom. The molecule has 5 nitrogen and oxygen atoms in total. The van der Waals surface area contributed by atoms with E-state index in [1.165, 1.54) is 10.5 Å². The van der Waals surface area contributed by atoms with Gasteiger partial charge in [0.05, 0.1) is 20.3 Å². The van der Waals surface area contributed by atoms with Gasteiger partial charge in [0.25, 0.3) is 0 Å². The van der Waals surface area contributed by atoms with Gasteiger partial charge in [-0.05, 0) is 30.9 Å². The number of hydrogen-bond acceptors (Lipinski definition) is 5. The van der Waals surface area contributed by atoms with E-state index in [9.17, 15) is 0 Å². The van der Waals surface area contributed by atoms with Gasteiger partial charge in [-0.2, -0.15) is 0 Å². The topological polar surface area (TPSA) is 59.2 Å². The molecule has 2 aromatic rings. The Balaban J connectivity index is 2.15. The van der Waals surface area contributed by atoms with Gasteiger partial charge < -0.3 is 19.8 Å². The first-order valence-electron chi connectivity index (χ1n) is 6.71. The maximum Gasteiger partial charge on any atom is 0.161 e. The number of aromatic nitrogens is 2. The lowest BCUT2D eigenvalue weighted by Gasteiger charge is -2.16. The van der Waals surface area contributed by atoms with Crippen molar-refractivity contribution in [3.05, 3.63) is 35.9 Å². The Labute approximate surface area is 129 Å². The van der Waals surface area contributed by atoms with Crippen LogP contribution in [-0.4, -0.2) is 30.4 Å². The van der Waals surface area contributed by atoms with Crippen LogP contribution in [0.5, 0.6) is 11.5 Å². The number of imidazole rings is 1. The molecule has 0 radical (unpaired) electrons. The molecule has 0 aliphatic carbocycles. The summed E-state index contributed by atoms with van der Waals surface area (Å²) in [6, 6.07) is 4.19. The number of aromatic amines is 1. The largest absolute Gasteiger partial charge is 0.493 e. The van der Waals surface area contributed by atoms with Gasteiger partial charge in [0.15, 0.2) is 11.5 Å². The first-order valence-corrected chi connectivity index (χ1v) is 7.93. The number of benzene rings is 1. The van der Waals surface area contributed by atoms with E-state index in [-0.39, 0.29) is 6.04 Å². The zero-order valence-electron chi connectivity index (χ0n) is 12.8. The van der Waals surface area contributed by atoms with Gasteiger partial charge in [-0.3, -0.25) is 0 Å². The summed E-state index contributed by atoms with van der Waals surface area (Å²) in [6.45, 7) is 2.82. The van der Waals surface area contributed by atoms with Crippen molar-refractivity contribution in [3.8, 4) is 11.5 Å². The number of hydrogen-bond donors (Lipinski definition) is 2. The van der Waals surface area contributed by atoms with Crippen molar-refractivity contribution in [2.45, 2.75) is 24.4 Å². The molecule has 0 saturated carbocycles. The molecule has 2 rings (SSSR count). The molecule has 0 amide bonds. The number of nitrogens with zero attached hydrogens (tertiary/aromatic N) is 1. The van der Waals surface area contributed by atoms with Crippen LogP contribution in [0.15, 0.2) is 29.4 Å². The molecule has 0 saturated heterocycles. The Morgan fingerprint density at radius 2 is 2.00 bits per heavy atom. The molecule has 114 valence electrons. The third kappa shape index (κ3) is 3.71. The molecule has 1 aromatic heterocycles. The molecule has 1 atom stereocenters.